The number of hydrogen-bond acceptors (Lipinski definition) is 4. The molecule has 1 spiro atoms. The predicted octanol–water partition coefficient (Wildman–Crippen LogP) is 2.60. The van der Waals surface area contributed by atoms with Gasteiger partial charge in [0.2, 0.25) is 11.8 Å². The number of rotatable bonds is 2. The third kappa shape index (κ3) is 2.54. The molecule has 2 saturated heterocycles. The van der Waals surface area contributed by atoms with Gasteiger partial charge in [-0.3, -0.25) is 19.3 Å². The third-order valence-corrected chi connectivity index (χ3v) is 7.13. The second-order valence-corrected chi connectivity index (χ2v) is 10.2. The van der Waals surface area contributed by atoms with Crippen LogP contribution in [0.5, 0.6) is 0 Å². The van der Waals surface area contributed by atoms with Crippen LogP contribution in [0.4, 0.5) is 5.69 Å². The zero-order valence-electron chi connectivity index (χ0n) is 14.6. The van der Waals surface area contributed by atoms with Gasteiger partial charge in [0.05, 0.1) is 23.6 Å². The predicted molar refractivity (Wildman–Crippen MR) is 103 cm³/mol. The molecule has 4 aliphatic rings. The normalized spacial score (nSPS) is 38.7. The third-order valence-electron chi connectivity index (χ3n) is 6.61. The molecular formula is C19H17Cl3N2O4. The number of carbonyl (C=O) groups excluding carboxylic acids is 3. The van der Waals surface area contributed by atoms with Crippen LogP contribution < -0.4 is 10.2 Å². The molecule has 1 unspecified atom stereocenters. The zero-order valence-corrected chi connectivity index (χ0v) is 16.9. The average molecular weight is 444 g/mol. The first kappa shape index (κ1) is 18.7. The Bertz CT molecular complexity index is 874. The summed E-state index contributed by atoms with van der Waals surface area (Å²) in [5.41, 5.74) is 0.102. The zero-order chi connectivity index (χ0) is 19.8. The molecule has 5 rings (SSSR count). The lowest BCUT2D eigenvalue weighted by Crippen LogP contribution is -2.51. The summed E-state index contributed by atoms with van der Waals surface area (Å²) in [5, 5.41) is 2.78. The molecule has 0 bridgehead atoms. The van der Waals surface area contributed by atoms with Crippen molar-refractivity contribution in [2.24, 2.45) is 17.8 Å². The maximum Gasteiger partial charge on any atom is 0.272 e. The SMILES string of the molecule is O=C1[C@H]2[C@H](C[C@@H]3O[C@@]34CCC(NC(=O)C(Cl)(Cl)Cl)[C@@H]24)C(=O)N1c1ccccc1. The molecule has 9 heteroatoms. The molecule has 2 aliphatic heterocycles. The van der Waals surface area contributed by atoms with Crippen molar-refractivity contribution in [3.63, 3.8) is 0 Å². The van der Waals surface area contributed by atoms with Crippen molar-refractivity contribution in [1.29, 1.82) is 0 Å². The molecule has 0 aromatic heterocycles. The smallest absolute Gasteiger partial charge is 0.272 e. The monoisotopic (exact) mass is 442 g/mol. The fraction of sp³-hybridized carbons (Fsp3) is 0.526. The fourth-order valence-electron chi connectivity index (χ4n) is 5.49. The van der Waals surface area contributed by atoms with Crippen molar-refractivity contribution < 1.29 is 19.1 Å². The van der Waals surface area contributed by atoms with Crippen LogP contribution in [0.3, 0.4) is 0 Å². The molecule has 3 amide bonds. The molecule has 1 aromatic carbocycles. The van der Waals surface area contributed by atoms with Gasteiger partial charge in [-0.1, -0.05) is 53.0 Å². The van der Waals surface area contributed by atoms with Crippen LogP contribution in [0, 0.1) is 17.8 Å². The lowest BCUT2D eigenvalue weighted by Gasteiger charge is -2.34. The second kappa shape index (κ2) is 6.08. The lowest BCUT2D eigenvalue weighted by atomic mass is 9.67. The number of amides is 3. The van der Waals surface area contributed by atoms with Crippen molar-refractivity contribution in [2.45, 2.75) is 40.8 Å². The molecule has 1 aromatic rings. The molecule has 2 aliphatic carbocycles. The molecule has 6 atom stereocenters. The van der Waals surface area contributed by atoms with E-state index in [1.54, 1.807) is 24.3 Å². The number of benzene rings is 1. The number of hydrogen-bond donors (Lipinski definition) is 1. The van der Waals surface area contributed by atoms with E-state index in [1.807, 2.05) is 6.07 Å². The number of para-hydroxylation sites is 1. The highest BCUT2D eigenvalue weighted by Gasteiger charge is 2.75. The summed E-state index contributed by atoms with van der Waals surface area (Å²) in [6.45, 7) is 0. The van der Waals surface area contributed by atoms with E-state index in [-0.39, 0.29) is 29.9 Å². The largest absolute Gasteiger partial charge is 0.366 e. The van der Waals surface area contributed by atoms with Crippen LogP contribution in [0.2, 0.25) is 0 Å². The number of imide groups is 1. The highest BCUT2D eigenvalue weighted by Crippen LogP contribution is 2.64. The lowest BCUT2D eigenvalue weighted by molar-refractivity contribution is -0.126. The Balaban J connectivity index is 1.48. The van der Waals surface area contributed by atoms with E-state index in [1.165, 1.54) is 4.90 Å². The number of epoxide rings is 1. The Kier molecular flexibility index (Phi) is 4.05. The van der Waals surface area contributed by atoms with Crippen molar-refractivity contribution in [2.75, 3.05) is 4.90 Å². The number of carbonyl (C=O) groups is 3. The minimum Gasteiger partial charge on any atom is -0.366 e. The van der Waals surface area contributed by atoms with E-state index in [9.17, 15) is 14.4 Å². The number of nitrogens with one attached hydrogen (secondary N) is 1. The number of ether oxygens (including phenoxy) is 1. The fourth-order valence-corrected chi connectivity index (χ4v) is 5.65. The summed E-state index contributed by atoms with van der Waals surface area (Å²) in [6, 6.07) is 8.53. The number of halogens is 3. The van der Waals surface area contributed by atoms with Crippen LogP contribution in [-0.2, 0) is 19.1 Å². The van der Waals surface area contributed by atoms with E-state index in [2.05, 4.69) is 5.32 Å². The van der Waals surface area contributed by atoms with Crippen molar-refractivity contribution in [3.05, 3.63) is 30.3 Å². The first-order chi connectivity index (χ1) is 13.2. The first-order valence-corrected chi connectivity index (χ1v) is 10.4. The van der Waals surface area contributed by atoms with Gasteiger partial charge in [-0.15, -0.1) is 0 Å². The molecule has 0 radical (unpaired) electrons. The molecule has 2 saturated carbocycles. The minimum atomic E-state index is -2.08. The van der Waals surface area contributed by atoms with Gasteiger partial charge in [-0.2, -0.15) is 0 Å². The molecule has 4 fully saturated rings. The van der Waals surface area contributed by atoms with Gasteiger partial charge in [0.25, 0.3) is 9.70 Å². The standard InChI is InChI=1S/C19H17Cl3N2O4/c20-19(21,22)17(27)23-11-6-7-18-12(28-18)8-10-13(14(11)18)16(26)24(15(10)25)9-4-2-1-3-5-9/h1-5,10-14H,6-8H2,(H,23,27)/t10-,11?,12-,13-,14-,18-/m0/s1. The summed E-state index contributed by atoms with van der Waals surface area (Å²) in [6.07, 6.45) is 1.79. The van der Waals surface area contributed by atoms with Crippen LogP contribution in [0.25, 0.3) is 0 Å². The van der Waals surface area contributed by atoms with Crippen LogP contribution in [0.1, 0.15) is 19.3 Å². The summed E-state index contributed by atoms with van der Waals surface area (Å²) in [5.74, 6) is -2.48. The molecule has 148 valence electrons. The Morgan fingerprint density at radius 2 is 1.89 bits per heavy atom. The Morgan fingerprint density at radius 1 is 1.18 bits per heavy atom. The van der Waals surface area contributed by atoms with Gasteiger partial charge in [-0.25, -0.2) is 0 Å². The van der Waals surface area contributed by atoms with Gasteiger partial charge < -0.3 is 10.1 Å². The van der Waals surface area contributed by atoms with E-state index in [4.69, 9.17) is 39.5 Å². The quantitative estimate of drug-likeness (QED) is 0.433. The van der Waals surface area contributed by atoms with Gasteiger partial charge in [0.15, 0.2) is 0 Å². The second-order valence-electron chi connectivity index (χ2n) is 7.92. The topological polar surface area (TPSA) is 79.0 Å². The van der Waals surface area contributed by atoms with Gasteiger partial charge in [0.1, 0.15) is 5.60 Å². The molecular weight excluding hydrogens is 427 g/mol. The van der Waals surface area contributed by atoms with E-state index in [0.717, 1.165) is 0 Å². The number of nitrogens with zero attached hydrogens (tertiary/aromatic N) is 1. The van der Waals surface area contributed by atoms with Crippen molar-refractivity contribution in [1.82, 2.24) is 5.32 Å². The highest BCUT2D eigenvalue weighted by atomic mass is 35.6. The van der Waals surface area contributed by atoms with Gasteiger partial charge in [0, 0.05) is 12.0 Å². The molecule has 2 heterocycles. The first-order valence-electron chi connectivity index (χ1n) is 9.22. The molecule has 28 heavy (non-hydrogen) atoms. The number of fused-ring (bicyclic) bond motifs is 2. The van der Waals surface area contributed by atoms with Crippen molar-refractivity contribution in [3.8, 4) is 0 Å². The maximum atomic E-state index is 13.3. The van der Waals surface area contributed by atoms with Crippen LogP contribution in [-0.4, -0.2) is 39.3 Å². The Labute approximate surface area is 176 Å². The van der Waals surface area contributed by atoms with E-state index >= 15 is 0 Å². The maximum absolute atomic E-state index is 13.3. The average Bonchev–Trinajstić information content (AvgIpc) is 3.18. The van der Waals surface area contributed by atoms with Crippen LogP contribution in [0.15, 0.2) is 30.3 Å². The molecule has 6 nitrogen and oxygen atoms in total. The highest BCUT2D eigenvalue weighted by molar-refractivity contribution is 6.76. The van der Waals surface area contributed by atoms with Gasteiger partial charge >= 0.3 is 0 Å². The Hall–Kier alpha value is -1.34. The summed E-state index contributed by atoms with van der Waals surface area (Å²) in [4.78, 5) is 39.9. The van der Waals surface area contributed by atoms with Gasteiger partial charge in [-0.05, 0) is 31.4 Å². The number of alkyl halides is 3. The number of anilines is 1. The van der Waals surface area contributed by atoms with E-state index < -0.39 is 27.1 Å². The Morgan fingerprint density at radius 3 is 2.57 bits per heavy atom. The van der Waals surface area contributed by atoms with Crippen molar-refractivity contribution >= 4 is 58.2 Å². The van der Waals surface area contributed by atoms with Crippen LogP contribution >= 0.6 is 34.8 Å². The van der Waals surface area contributed by atoms with E-state index in [0.29, 0.717) is 24.9 Å². The summed E-state index contributed by atoms with van der Waals surface area (Å²) >= 11 is 17.1. The summed E-state index contributed by atoms with van der Waals surface area (Å²) < 4.78 is 3.90. The summed E-state index contributed by atoms with van der Waals surface area (Å²) in [7, 11) is 0. The minimum absolute atomic E-state index is 0.0686. The molecule has 1 N–H and O–H groups in total.